The number of ether oxygens (including phenoxy) is 2. The third-order valence-corrected chi connectivity index (χ3v) is 6.66. The van der Waals surface area contributed by atoms with Gasteiger partial charge in [-0.2, -0.15) is 0 Å². The topological polar surface area (TPSA) is 88.0 Å². The van der Waals surface area contributed by atoms with Crippen molar-refractivity contribution >= 4 is 32.6 Å². The Morgan fingerprint density at radius 3 is 2.73 bits per heavy atom. The summed E-state index contributed by atoms with van der Waals surface area (Å²) >= 11 is 3.59. The number of aromatic nitrogens is 5. The van der Waals surface area contributed by atoms with E-state index in [1.54, 1.807) is 11.7 Å². The zero-order chi connectivity index (χ0) is 23.1. The number of aromatic amines is 1. The predicted molar refractivity (Wildman–Crippen MR) is 126 cm³/mol. The van der Waals surface area contributed by atoms with Crippen LogP contribution in [0.3, 0.4) is 0 Å². The molecule has 0 unspecified atom stereocenters. The fourth-order valence-electron chi connectivity index (χ4n) is 4.55. The first-order chi connectivity index (χ1) is 15.9. The summed E-state index contributed by atoms with van der Waals surface area (Å²) in [5.41, 5.74) is 3.02. The van der Waals surface area contributed by atoms with Crippen molar-refractivity contribution in [1.82, 2.24) is 24.1 Å². The van der Waals surface area contributed by atoms with Gasteiger partial charge >= 0.3 is 5.69 Å². The third-order valence-electron chi connectivity index (χ3n) is 5.92. The van der Waals surface area contributed by atoms with Crippen molar-refractivity contribution in [1.29, 1.82) is 0 Å². The molecule has 9 nitrogen and oxygen atoms in total. The van der Waals surface area contributed by atoms with E-state index in [9.17, 15) is 4.79 Å². The highest BCUT2D eigenvalue weighted by atomic mass is 79.9. The molecule has 0 aliphatic carbocycles. The first-order valence-corrected chi connectivity index (χ1v) is 11.7. The van der Waals surface area contributed by atoms with Crippen LogP contribution in [0.15, 0.2) is 46.1 Å². The van der Waals surface area contributed by atoms with E-state index in [-0.39, 0.29) is 17.9 Å². The van der Waals surface area contributed by atoms with Crippen LogP contribution in [0.5, 0.6) is 5.75 Å². The van der Waals surface area contributed by atoms with Crippen LogP contribution < -0.4 is 15.4 Å². The highest BCUT2D eigenvalue weighted by molar-refractivity contribution is 9.10. The van der Waals surface area contributed by atoms with Crippen molar-refractivity contribution in [2.24, 2.45) is 0 Å². The van der Waals surface area contributed by atoms with Crippen LogP contribution in [-0.2, 0) is 17.8 Å². The number of halogens is 1. The maximum atomic E-state index is 13.3. The van der Waals surface area contributed by atoms with Crippen molar-refractivity contribution in [2.75, 3.05) is 20.2 Å². The summed E-state index contributed by atoms with van der Waals surface area (Å²) in [7, 11) is 1.63. The molecule has 0 bridgehead atoms. The molecule has 1 N–H and O–H groups in total. The van der Waals surface area contributed by atoms with Gasteiger partial charge in [-0.15, -0.1) is 0 Å². The number of pyridine rings is 1. The van der Waals surface area contributed by atoms with Gasteiger partial charge in [0.15, 0.2) is 5.65 Å². The molecule has 4 aromatic rings. The maximum absolute atomic E-state index is 13.3. The van der Waals surface area contributed by atoms with E-state index in [1.165, 1.54) is 10.8 Å². The fraction of sp³-hybridized carbons (Fsp3) is 0.391. The largest absolute Gasteiger partial charge is 0.497 e. The van der Waals surface area contributed by atoms with Gasteiger partial charge < -0.3 is 9.47 Å². The molecule has 0 saturated carbocycles. The van der Waals surface area contributed by atoms with E-state index in [0.29, 0.717) is 17.8 Å². The molecule has 3 aromatic heterocycles. The van der Waals surface area contributed by atoms with Crippen LogP contribution in [-0.4, -0.2) is 56.5 Å². The Hall–Kier alpha value is -2.82. The summed E-state index contributed by atoms with van der Waals surface area (Å²) in [6, 6.07) is 7.80. The van der Waals surface area contributed by atoms with Gasteiger partial charge in [-0.05, 0) is 47.7 Å². The zero-order valence-corrected chi connectivity index (χ0v) is 20.4. The second kappa shape index (κ2) is 8.85. The van der Waals surface area contributed by atoms with Crippen molar-refractivity contribution in [3.8, 4) is 5.75 Å². The average molecular weight is 514 g/mol. The van der Waals surface area contributed by atoms with E-state index in [1.807, 2.05) is 24.4 Å². The average Bonchev–Trinajstić information content (AvgIpc) is 3.27. The summed E-state index contributed by atoms with van der Waals surface area (Å²) in [6.07, 6.45) is 3.79. The van der Waals surface area contributed by atoms with Crippen LogP contribution in [0.2, 0.25) is 0 Å². The number of methoxy groups -OCH3 is 1. The van der Waals surface area contributed by atoms with E-state index in [4.69, 9.17) is 14.5 Å². The number of rotatable bonds is 5. The minimum absolute atomic E-state index is 0.199. The van der Waals surface area contributed by atoms with Crippen molar-refractivity contribution in [3.63, 3.8) is 0 Å². The lowest BCUT2D eigenvalue weighted by Gasteiger charge is -2.35. The predicted octanol–water partition coefficient (Wildman–Crippen LogP) is 2.29. The number of benzene rings is 1. The molecule has 1 aliphatic heterocycles. The van der Waals surface area contributed by atoms with Gasteiger partial charge in [-0.25, -0.2) is 14.8 Å². The van der Waals surface area contributed by atoms with E-state index >= 15 is 0 Å². The molecular formula is C23H26BrN6O3+. The first kappa shape index (κ1) is 22.0. The highest BCUT2D eigenvalue weighted by Gasteiger charge is 2.24. The van der Waals surface area contributed by atoms with Gasteiger partial charge in [0, 0.05) is 35.4 Å². The Morgan fingerprint density at radius 2 is 2.00 bits per heavy atom. The second-order valence-electron chi connectivity index (χ2n) is 8.54. The van der Waals surface area contributed by atoms with Gasteiger partial charge in [0.05, 0.1) is 31.2 Å². The molecule has 4 heterocycles. The first-order valence-electron chi connectivity index (χ1n) is 10.9. The number of nitrogens with one attached hydrogen (secondary N) is 1. The Morgan fingerprint density at radius 1 is 1.21 bits per heavy atom. The van der Waals surface area contributed by atoms with Gasteiger partial charge in [-0.3, -0.25) is 9.47 Å². The standard InChI is InChI=1S/C23H25BrN6O3/c1-14-9-28(10-15(2)33-14)11-16-6-19-21(25-8-16)29(23(31)30-22(19)26-13-27-30)12-17-4-5-18(32-3)7-20(17)24/h4-8,13-15H,9-12H2,1-3H3/p+1/t14-,15+. The van der Waals surface area contributed by atoms with E-state index in [2.05, 4.69) is 50.8 Å². The number of morpholine rings is 1. The van der Waals surface area contributed by atoms with Gasteiger partial charge in [0.1, 0.15) is 5.75 Å². The molecule has 1 aromatic carbocycles. The number of nitrogens with zero attached hydrogens (tertiary/aromatic N) is 5. The fourth-order valence-corrected chi connectivity index (χ4v) is 5.04. The molecule has 2 atom stereocenters. The minimum atomic E-state index is -0.252. The van der Waals surface area contributed by atoms with E-state index < -0.39 is 0 Å². The van der Waals surface area contributed by atoms with Gasteiger partial charge in [0.2, 0.25) is 0 Å². The van der Waals surface area contributed by atoms with Gasteiger partial charge in [0.25, 0.3) is 12.0 Å². The second-order valence-corrected chi connectivity index (χ2v) is 9.40. The Bertz CT molecular complexity index is 1370. The number of hydrogen-bond acceptors (Lipinski definition) is 6. The van der Waals surface area contributed by atoms with Crippen LogP contribution >= 0.6 is 15.9 Å². The molecule has 5 rings (SSSR count). The van der Waals surface area contributed by atoms with Crippen LogP contribution in [0.1, 0.15) is 25.0 Å². The van der Waals surface area contributed by atoms with Crippen LogP contribution in [0.25, 0.3) is 16.7 Å². The van der Waals surface area contributed by atoms with Crippen molar-refractivity contribution < 1.29 is 14.5 Å². The third kappa shape index (κ3) is 4.25. The Balaban J connectivity index is 1.57. The van der Waals surface area contributed by atoms with Gasteiger partial charge in [-0.1, -0.05) is 22.0 Å². The monoisotopic (exact) mass is 513 g/mol. The Labute approximate surface area is 199 Å². The molecule has 10 heteroatoms. The molecule has 1 aliphatic rings. The molecule has 0 radical (unpaired) electrons. The molecule has 1 saturated heterocycles. The molecule has 33 heavy (non-hydrogen) atoms. The maximum Gasteiger partial charge on any atom is 0.425 e. The molecule has 0 spiro atoms. The summed E-state index contributed by atoms with van der Waals surface area (Å²) in [6.45, 7) is 7.07. The summed E-state index contributed by atoms with van der Waals surface area (Å²) in [5.74, 6) is 0.745. The lowest BCUT2D eigenvalue weighted by molar-refractivity contribution is -0.345. The number of H-pyrrole nitrogens is 1. The van der Waals surface area contributed by atoms with Crippen molar-refractivity contribution in [2.45, 2.75) is 39.1 Å². The quantitative estimate of drug-likeness (QED) is 0.406. The van der Waals surface area contributed by atoms with E-state index in [0.717, 1.165) is 46.4 Å². The summed E-state index contributed by atoms with van der Waals surface area (Å²) in [4.78, 5) is 23.5. The summed E-state index contributed by atoms with van der Waals surface area (Å²) in [5, 5.41) is 5.08. The normalized spacial score (nSPS) is 19.4. The zero-order valence-electron chi connectivity index (χ0n) is 18.8. The number of hydrogen-bond donors (Lipinski definition) is 0. The molecule has 172 valence electrons. The highest BCUT2D eigenvalue weighted by Crippen LogP contribution is 2.25. The minimum Gasteiger partial charge on any atom is -0.497 e. The van der Waals surface area contributed by atoms with Crippen molar-refractivity contribution in [3.05, 3.63) is 62.9 Å². The SMILES string of the molecule is COc1ccc(Cn2c(=O)n3nc[nH+]c3c3cc(CN4C[C@@H](C)O[C@@H](C)C4)cnc32)c(Br)c1. The number of fused-ring (bicyclic) bond motifs is 3. The molecule has 1 fully saturated rings. The Kier molecular flexibility index (Phi) is 5.90. The van der Waals surface area contributed by atoms with Crippen LogP contribution in [0, 0.1) is 0 Å². The van der Waals surface area contributed by atoms with Crippen LogP contribution in [0.4, 0.5) is 0 Å². The lowest BCUT2D eigenvalue weighted by Crippen LogP contribution is -2.44. The molecule has 0 amide bonds. The molecular weight excluding hydrogens is 488 g/mol. The summed E-state index contributed by atoms with van der Waals surface area (Å²) < 4.78 is 15.1. The lowest BCUT2D eigenvalue weighted by atomic mass is 10.1. The smallest absolute Gasteiger partial charge is 0.425 e.